The van der Waals surface area contributed by atoms with Crippen LogP contribution in [0.1, 0.15) is 35.7 Å². The van der Waals surface area contributed by atoms with Gasteiger partial charge in [0.15, 0.2) is 5.96 Å². The number of aliphatic imine (C=N–C) groups is 1. The molecule has 0 spiro atoms. The van der Waals surface area contributed by atoms with Crippen molar-refractivity contribution in [2.75, 3.05) is 54.1 Å². The Hall–Kier alpha value is -2.12. The fourth-order valence-corrected chi connectivity index (χ4v) is 3.18. The van der Waals surface area contributed by atoms with Crippen molar-refractivity contribution >= 4 is 11.9 Å². The number of rotatable bonds is 8. The highest BCUT2D eigenvalue weighted by Crippen LogP contribution is 2.24. The van der Waals surface area contributed by atoms with Gasteiger partial charge in [-0.15, -0.1) is 0 Å². The summed E-state index contributed by atoms with van der Waals surface area (Å²) < 4.78 is 11.2. The van der Waals surface area contributed by atoms with E-state index in [0.717, 1.165) is 57.1 Å². The van der Waals surface area contributed by atoms with Crippen molar-refractivity contribution in [2.24, 2.45) is 4.99 Å². The average molecular weight is 391 g/mol. The van der Waals surface area contributed by atoms with Gasteiger partial charge in [0.05, 0.1) is 12.1 Å². The quantitative estimate of drug-likeness (QED) is 0.522. The number of methoxy groups -OCH3 is 1. The third-order valence-electron chi connectivity index (χ3n) is 4.99. The van der Waals surface area contributed by atoms with Gasteiger partial charge in [-0.05, 0) is 31.0 Å². The Morgan fingerprint density at radius 2 is 2.04 bits per heavy atom. The Balaban J connectivity index is 1.92. The fourth-order valence-electron chi connectivity index (χ4n) is 3.18. The van der Waals surface area contributed by atoms with Crippen molar-refractivity contribution < 1.29 is 14.3 Å². The van der Waals surface area contributed by atoms with Crippen LogP contribution in [-0.2, 0) is 15.9 Å². The molecule has 0 radical (unpaired) electrons. The highest BCUT2D eigenvalue weighted by molar-refractivity contribution is 5.94. The second-order valence-corrected chi connectivity index (χ2v) is 7.27. The first-order valence-electron chi connectivity index (χ1n) is 9.95. The predicted octanol–water partition coefficient (Wildman–Crippen LogP) is 1.68. The molecule has 1 aliphatic heterocycles. The summed E-state index contributed by atoms with van der Waals surface area (Å²) in [6.07, 6.45) is 2.53. The molecule has 2 rings (SSSR count). The third kappa shape index (κ3) is 6.49. The largest absolute Gasteiger partial charge is 0.381 e. The minimum Gasteiger partial charge on any atom is -0.381 e. The van der Waals surface area contributed by atoms with Gasteiger partial charge in [-0.25, -0.2) is 0 Å². The van der Waals surface area contributed by atoms with E-state index in [1.807, 2.05) is 31.2 Å². The van der Waals surface area contributed by atoms with Crippen LogP contribution in [0.15, 0.2) is 29.3 Å². The van der Waals surface area contributed by atoms with E-state index in [-0.39, 0.29) is 11.5 Å². The van der Waals surface area contributed by atoms with E-state index < -0.39 is 0 Å². The van der Waals surface area contributed by atoms with Crippen molar-refractivity contribution in [3.8, 4) is 0 Å². The van der Waals surface area contributed by atoms with Gasteiger partial charge in [0, 0.05) is 65.9 Å². The van der Waals surface area contributed by atoms with Gasteiger partial charge in [0.2, 0.25) is 0 Å². The molecule has 0 unspecified atom stereocenters. The molecule has 1 aromatic carbocycles. The number of nitrogens with zero attached hydrogens (tertiary/aromatic N) is 2. The maximum Gasteiger partial charge on any atom is 0.253 e. The summed E-state index contributed by atoms with van der Waals surface area (Å²) in [6, 6.07) is 7.78. The molecular formula is C21H34N4O3. The molecule has 0 atom stereocenters. The lowest BCUT2D eigenvalue weighted by Gasteiger charge is -2.34. The molecule has 0 saturated carbocycles. The zero-order chi connectivity index (χ0) is 20.4. The number of carbonyl (C=O) groups is 1. The van der Waals surface area contributed by atoms with Crippen LogP contribution in [0, 0.1) is 0 Å². The summed E-state index contributed by atoms with van der Waals surface area (Å²) in [4.78, 5) is 18.4. The first-order valence-corrected chi connectivity index (χ1v) is 9.95. The summed E-state index contributed by atoms with van der Waals surface area (Å²) in [5.41, 5.74) is 1.60. The van der Waals surface area contributed by atoms with E-state index >= 15 is 0 Å². The van der Waals surface area contributed by atoms with Gasteiger partial charge in [-0.1, -0.05) is 12.1 Å². The van der Waals surface area contributed by atoms with Gasteiger partial charge in [-0.2, -0.15) is 0 Å². The van der Waals surface area contributed by atoms with Crippen LogP contribution in [0.4, 0.5) is 0 Å². The zero-order valence-corrected chi connectivity index (χ0v) is 17.6. The number of hydrogen-bond donors (Lipinski definition) is 2. The van der Waals surface area contributed by atoms with Crippen molar-refractivity contribution in [3.05, 3.63) is 35.4 Å². The maximum atomic E-state index is 12.1. The molecule has 1 saturated heterocycles. The predicted molar refractivity (Wildman–Crippen MR) is 112 cm³/mol. The highest BCUT2D eigenvalue weighted by Gasteiger charge is 2.32. The number of guanidine groups is 1. The minimum atomic E-state index is -0.235. The molecule has 0 bridgehead atoms. The van der Waals surface area contributed by atoms with Gasteiger partial charge >= 0.3 is 0 Å². The first kappa shape index (κ1) is 22.2. The Bertz CT molecular complexity index is 655. The lowest BCUT2D eigenvalue weighted by molar-refractivity contribution is -0.0828. The van der Waals surface area contributed by atoms with E-state index in [0.29, 0.717) is 12.1 Å². The first-order chi connectivity index (χ1) is 13.5. The summed E-state index contributed by atoms with van der Waals surface area (Å²) in [6.45, 7) is 5.62. The summed E-state index contributed by atoms with van der Waals surface area (Å²) in [7, 11) is 5.28. The smallest absolute Gasteiger partial charge is 0.253 e. The number of ether oxygens (including phenoxy) is 2. The van der Waals surface area contributed by atoms with Crippen molar-refractivity contribution in [1.29, 1.82) is 0 Å². The maximum absolute atomic E-state index is 12.1. The molecule has 0 aromatic heterocycles. The van der Waals surface area contributed by atoms with Crippen molar-refractivity contribution in [1.82, 2.24) is 15.5 Å². The summed E-state index contributed by atoms with van der Waals surface area (Å²) >= 11 is 0. The van der Waals surface area contributed by atoms with Crippen molar-refractivity contribution in [3.63, 3.8) is 0 Å². The average Bonchev–Trinajstić information content (AvgIpc) is 2.72. The summed E-state index contributed by atoms with van der Waals surface area (Å²) in [5, 5.41) is 6.66. The molecule has 2 N–H and O–H groups in total. The van der Waals surface area contributed by atoms with Gasteiger partial charge in [-0.3, -0.25) is 9.79 Å². The van der Waals surface area contributed by atoms with E-state index in [2.05, 4.69) is 10.6 Å². The van der Waals surface area contributed by atoms with Crippen LogP contribution >= 0.6 is 0 Å². The molecule has 1 amide bonds. The van der Waals surface area contributed by atoms with E-state index in [1.165, 1.54) is 0 Å². The van der Waals surface area contributed by atoms with Crippen LogP contribution in [0.3, 0.4) is 0 Å². The lowest BCUT2D eigenvalue weighted by atomic mass is 9.94. The van der Waals surface area contributed by atoms with E-state index in [1.54, 1.807) is 26.1 Å². The second kappa shape index (κ2) is 11.0. The normalized spacial score (nSPS) is 16.5. The standard InChI is InChI=1S/C21H34N4O3/c1-5-22-20(24-16-21(27-4)10-13-28-14-11-21)23-12-9-17-7-6-8-18(15-17)19(26)25(2)3/h6-8,15H,5,9-14,16H2,1-4H3,(H2,22,23,24). The molecule has 28 heavy (non-hydrogen) atoms. The fraction of sp³-hybridized carbons (Fsp3) is 0.619. The number of hydrogen-bond acceptors (Lipinski definition) is 4. The Kier molecular flexibility index (Phi) is 8.73. The molecule has 1 heterocycles. The number of amides is 1. The number of benzene rings is 1. The van der Waals surface area contributed by atoms with Crippen LogP contribution in [-0.4, -0.2) is 76.4 Å². The lowest BCUT2D eigenvalue weighted by Crippen LogP contribution is -2.44. The Morgan fingerprint density at radius 1 is 1.29 bits per heavy atom. The molecule has 156 valence electrons. The molecule has 1 fully saturated rings. The molecule has 1 aromatic rings. The minimum absolute atomic E-state index is 0.0195. The molecule has 0 aliphatic carbocycles. The molecule has 7 nitrogen and oxygen atoms in total. The Labute approximate surface area is 168 Å². The monoisotopic (exact) mass is 390 g/mol. The van der Waals surface area contributed by atoms with Crippen molar-refractivity contribution in [2.45, 2.75) is 31.8 Å². The molecular weight excluding hydrogens is 356 g/mol. The van der Waals surface area contributed by atoms with Crippen LogP contribution < -0.4 is 10.6 Å². The Morgan fingerprint density at radius 3 is 2.68 bits per heavy atom. The van der Waals surface area contributed by atoms with E-state index in [4.69, 9.17) is 14.5 Å². The molecule has 1 aliphatic rings. The second-order valence-electron chi connectivity index (χ2n) is 7.27. The van der Waals surface area contributed by atoms with Gasteiger partial charge in [0.1, 0.15) is 0 Å². The van der Waals surface area contributed by atoms with Gasteiger partial charge < -0.3 is 25.0 Å². The van der Waals surface area contributed by atoms with Crippen LogP contribution in [0.2, 0.25) is 0 Å². The zero-order valence-electron chi connectivity index (χ0n) is 17.6. The highest BCUT2D eigenvalue weighted by atomic mass is 16.5. The SMILES string of the molecule is CCNC(=NCC1(OC)CCOCC1)NCCc1cccc(C(=O)N(C)C)c1. The topological polar surface area (TPSA) is 75.2 Å². The van der Waals surface area contributed by atoms with Gasteiger partial charge in [0.25, 0.3) is 5.91 Å². The number of nitrogens with one attached hydrogen (secondary N) is 2. The number of carbonyl (C=O) groups excluding carboxylic acids is 1. The third-order valence-corrected chi connectivity index (χ3v) is 4.99. The van der Waals surface area contributed by atoms with Crippen LogP contribution in [0.25, 0.3) is 0 Å². The molecule has 7 heteroatoms. The van der Waals surface area contributed by atoms with E-state index in [9.17, 15) is 4.79 Å². The van der Waals surface area contributed by atoms with Crippen LogP contribution in [0.5, 0.6) is 0 Å². The summed E-state index contributed by atoms with van der Waals surface area (Å²) in [5.74, 6) is 0.803.